The summed E-state index contributed by atoms with van der Waals surface area (Å²) in [7, 11) is 0. The van der Waals surface area contributed by atoms with E-state index in [1.807, 2.05) is 11.0 Å². The molecule has 4 nitrogen and oxygen atoms in total. The van der Waals surface area contributed by atoms with Crippen molar-refractivity contribution in [2.75, 3.05) is 19.8 Å². The molecule has 1 aromatic carbocycles. The van der Waals surface area contributed by atoms with Gasteiger partial charge >= 0.3 is 0 Å². The van der Waals surface area contributed by atoms with Gasteiger partial charge in [0.2, 0.25) is 0 Å². The number of fused-ring (bicyclic) bond motifs is 1. The van der Waals surface area contributed by atoms with Gasteiger partial charge in [0, 0.05) is 18.5 Å². The molecule has 1 aromatic rings. The monoisotopic (exact) mass is 263 g/mol. The van der Waals surface area contributed by atoms with Crippen molar-refractivity contribution >= 4 is 5.91 Å². The van der Waals surface area contributed by atoms with Gasteiger partial charge < -0.3 is 14.4 Å². The molecule has 1 amide bonds. The average molecular weight is 263 g/mol. The van der Waals surface area contributed by atoms with Crippen LogP contribution in [-0.4, -0.2) is 42.2 Å². The second-order valence-electron chi connectivity index (χ2n) is 5.50. The SMILES string of the molecule is O=C(C1Cc2cccc(F)c2O1)N1CCC12COC2. The second-order valence-corrected chi connectivity index (χ2v) is 5.50. The Kier molecular flexibility index (Phi) is 2.18. The highest BCUT2D eigenvalue weighted by atomic mass is 19.1. The molecule has 19 heavy (non-hydrogen) atoms. The van der Waals surface area contributed by atoms with Crippen LogP contribution in [0.25, 0.3) is 0 Å². The minimum absolute atomic E-state index is 0.0369. The van der Waals surface area contributed by atoms with Gasteiger partial charge in [-0.25, -0.2) is 4.39 Å². The first-order chi connectivity index (χ1) is 9.20. The van der Waals surface area contributed by atoms with Crippen LogP contribution in [0.1, 0.15) is 12.0 Å². The van der Waals surface area contributed by atoms with E-state index in [1.165, 1.54) is 6.07 Å². The van der Waals surface area contributed by atoms with Crippen LogP contribution in [0, 0.1) is 5.82 Å². The van der Waals surface area contributed by atoms with E-state index in [0.717, 1.165) is 18.5 Å². The first kappa shape index (κ1) is 11.2. The normalized spacial score (nSPS) is 26.4. The minimum atomic E-state index is -0.579. The number of para-hydroxylation sites is 1. The maximum absolute atomic E-state index is 13.6. The molecule has 3 heterocycles. The van der Waals surface area contributed by atoms with E-state index in [-0.39, 0.29) is 17.2 Å². The van der Waals surface area contributed by atoms with Gasteiger partial charge in [0.25, 0.3) is 5.91 Å². The van der Waals surface area contributed by atoms with Crippen LogP contribution in [0.3, 0.4) is 0 Å². The molecule has 3 aliphatic rings. The number of nitrogens with zero attached hydrogens (tertiary/aromatic N) is 1. The van der Waals surface area contributed by atoms with E-state index >= 15 is 0 Å². The Morgan fingerprint density at radius 1 is 1.42 bits per heavy atom. The summed E-state index contributed by atoms with van der Waals surface area (Å²) < 4.78 is 24.3. The molecule has 0 aliphatic carbocycles. The molecule has 100 valence electrons. The lowest BCUT2D eigenvalue weighted by atomic mass is 9.82. The molecule has 0 bridgehead atoms. The zero-order valence-electron chi connectivity index (χ0n) is 10.4. The van der Waals surface area contributed by atoms with Gasteiger partial charge in [-0.1, -0.05) is 12.1 Å². The molecule has 0 aromatic heterocycles. The maximum Gasteiger partial charge on any atom is 0.264 e. The standard InChI is InChI=1S/C14H14FNO3/c15-10-3-1-2-9-6-11(19-12(9)10)13(17)16-5-4-14(16)7-18-8-14/h1-3,11H,4-8H2. The number of amides is 1. The number of halogens is 1. The number of carbonyl (C=O) groups is 1. The number of rotatable bonds is 1. The van der Waals surface area contributed by atoms with Gasteiger partial charge in [-0.2, -0.15) is 0 Å². The first-order valence-electron chi connectivity index (χ1n) is 6.53. The summed E-state index contributed by atoms with van der Waals surface area (Å²) in [6.07, 6.45) is 0.872. The predicted molar refractivity (Wildman–Crippen MR) is 64.4 cm³/mol. The smallest absolute Gasteiger partial charge is 0.264 e. The Morgan fingerprint density at radius 2 is 2.26 bits per heavy atom. The summed E-state index contributed by atoms with van der Waals surface area (Å²) in [6.45, 7) is 1.99. The van der Waals surface area contributed by atoms with Crippen LogP contribution >= 0.6 is 0 Å². The molecule has 2 fully saturated rings. The summed E-state index contributed by atoms with van der Waals surface area (Å²) in [5, 5.41) is 0. The third-order valence-electron chi connectivity index (χ3n) is 4.37. The first-order valence-corrected chi connectivity index (χ1v) is 6.53. The third-order valence-corrected chi connectivity index (χ3v) is 4.37. The molecule has 3 aliphatic heterocycles. The second kappa shape index (κ2) is 3.70. The minimum Gasteiger partial charge on any atom is -0.477 e. The largest absolute Gasteiger partial charge is 0.477 e. The number of carbonyl (C=O) groups excluding carboxylic acids is 1. The van der Waals surface area contributed by atoms with E-state index in [2.05, 4.69) is 0 Å². The van der Waals surface area contributed by atoms with Gasteiger partial charge in [0.05, 0.1) is 18.8 Å². The van der Waals surface area contributed by atoms with Crippen molar-refractivity contribution in [3.8, 4) is 5.75 Å². The summed E-state index contributed by atoms with van der Waals surface area (Å²) in [5.74, 6) is -0.191. The average Bonchev–Trinajstić information content (AvgIpc) is 2.71. The van der Waals surface area contributed by atoms with Crippen LogP contribution < -0.4 is 4.74 Å². The van der Waals surface area contributed by atoms with E-state index in [4.69, 9.17) is 9.47 Å². The fourth-order valence-corrected chi connectivity index (χ4v) is 3.06. The molecule has 1 atom stereocenters. The topological polar surface area (TPSA) is 38.8 Å². The van der Waals surface area contributed by atoms with Crippen LogP contribution in [0.2, 0.25) is 0 Å². The summed E-state index contributed by atoms with van der Waals surface area (Å²) in [4.78, 5) is 14.3. The number of ether oxygens (including phenoxy) is 2. The van der Waals surface area contributed by atoms with Crippen molar-refractivity contribution in [3.05, 3.63) is 29.6 Å². The molecule has 0 N–H and O–H groups in total. The molecule has 0 radical (unpaired) electrons. The van der Waals surface area contributed by atoms with Crippen molar-refractivity contribution in [3.63, 3.8) is 0 Å². The van der Waals surface area contributed by atoms with Crippen LogP contribution in [0.4, 0.5) is 4.39 Å². The number of likely N-dealkylation sites (tertiary alicyclic amines) is 1. The number of benzene rings is 1. The van der Waals surface area contributed by atoms with Crippen molar-refractivity contribution in [2.45, 2.75) is 24.5 Å². The fraction of sp³-hybridized carbons (Fsp3) is 0.500. The van der Waals surface area contributed by atoms with Gasteiger partial charge in [0.15, 0.2) is 17.7 Å². The quantitative estimate of drug-likeness (QED) is 0.762. The van der Waals surface area contributed by atoms with Crippen LogP contribution in [0.5, 0.6) is 5.75 Å². The van der Waals surface area contributed by atoms with Gasteiger partial charge in [-0.05, 0) is 12.5 Å². The Hall–Kier alpha value is -1.62. The Labute approximate surface area is 110 Å². The van der Waals surface area contributed by atoms with Gasteiger partial charge in [0.1, 0.15) is 0 Å². The summed E-state index contributed by atoms with van der Waals surface area (Å²) >= 11 is 0. The molecule has 0 saturated carbocycles. The van der Waals surface area contributed by atoms with E-state index in [0.29, 0.717) is 19.6 Å². The van der Waals surface area contributed by atoms with E-state index < -0.39 is 11.9 Å². The Bertz CT molecular complexity index is 550. The number of hydrogen-bond donors (Lipinski definition) is 0. The molecule has 1 unspecified atom stereocenters. The Balaban J connectivity index is 1.53. The highest BCUT2D eigenvalue weighted by Crippen LogP contribution is 2.40. The van der Waals surface area contributed by atoms with Crippen molar-refractivity contribution in [1.29, 1.82) is 0 Å². The lowest BCUT2D eigenvalue weighted by molar-refractivity contribution is -0.204. The van der Waals surface area contributed by atoms with Gasteiger partial charge in [-0.15, -0.1) is 0 Å². The van der Waals surface area contributed by atoms with Gasteiger partial charge in [-0.3, -0.25) is 4.79 Å². The Morgan fingerprint density at radius 3 is 2.84 bits per heavy atom. The third kappa shape index (κ3) is 1.45. The van der Waals surface area contributed by atoms with Crippen molar-refractivity contribution in [2.24, 2.45) is 0 Å². The summed E-state index contributed by atoms with van der Waals surface area (Å²) in [5.41, 5.74) is 0.686. The number of hydrogen-bond acceptors (Lipinski definition) is 3. The lowest BCUT2D eigenvalue weighted by Crippen LogP contribution is -2.73. The molecular formula is C14H14FNO3. The molecular weight excluding hydrogens is 249 g/mol. The highest BCUT2D eigenvalue weighted by Gasteiger charge is 2.54. The van der Waals surface area contributed by atoms with Crippen LogP contribution in [0.15, 0.2) is 18.2 Å². The predicted octanol–water partition coefficient (Wildman–Crippen LogP) is 1.13. The molecule has 1 spiro atoms. The van der Waals surface area contributed by atoms with E-state index in [9.17, 15) is 9.18 Å². The van der Waals surface area contributed by atoms with Crippen molar-refractivity contribution in [1.82, 2.24) is 4.90 Å². The fourth-order valence-electron chi connectivity index (χ4n) is 3.06. The lowest BCUT2D eigenvalue weighted by Gasteiger charge is -2.57. The van der Waals surface area contributed by atoms with Crippen LogP contribution in [-0.2, 0) is 16.0 Å². The molecule has 5 heteroatoms. The summed E-state index contributed by atoms with van der Waals surface area (Å²) in [6, 6.07) is 4.82. The maximum atomic E-state index is 13.6. The molecule has 4 rings (SSSR count). The highest BCUT2D eigenvalue weighted by molar-refractivity contribution is 5.84. The zero-order chi connectivity index (χ0) is 13.0. The van der Waals surface area contributed by atoms with E-state index in [1.54, 1.807) is 6.07 Å². The molecule has 2 saturated heterocycles. The zero-order valence-corrected chi connectivity index (χ0v) is 10.4. The van der Waals surface area contributed by atoms with Crippen molar-refractivity contribution < 1.29 is 18.7 Å².